The summed E-state index contributed by atoms with van der Waals surface area (Å²) in [5.41, 5.74) is -0.693. The van der Waals surface area contributed by atoms with Crippen molar-refractivity contribution in [2.75, 3.05) is 19.6 Å². The molecule has 1 spiro atoms. The van der Waals surface area contributed by atoms with Crippen LogP contribution in [0, 0.1) is 11.3 Å². The lowest BCUT2D eigenvalue weighted by Crippen LogP contribution is -2.59. The van der Waals surface area contributed by atoms with E-state index < -0.39 is 21.7 Å². The minimum Gasteiger partial charge on any atom is -0.465 e. The van der Waals surface area contributed by atoms with Crippen molar-refractivity contribution < 1.29 is 18.3 Å². The number of hydrogen-bond acceptors (Lipinski definition) is 4. The van der Waals surface area contributed by atoms with Gasteiger partial charge in [0, 0.05) is 32.4 Å². The number of aromatic nitrogens is 2. The van der Waals surface area contributed by atoms with E-state index in [1.54, 1.807) is 10.9 Å². The van der Waals surface area contributed by atoms with E-state index in [0.29, 0.717) is 13.0 Å². The summed E-state index contributed by atoms with van der Waals surface area (Å²) >= 11 is 0. The molecule has 26 heavy (non-hydrogen) atoms. The highest BCUT2D eigenvalue weighted by atomic mass is 32.2. The van der Waals surface area contributed by atoms with E-state index in [1.807, 2.05) is 6.92 Å². The molecular formula is C17H28N4O4S. The second kappa shape index (κ2) is 6.23. The number of nitrogens with zero attached hydrogens (tertiary/aromatic N) is 4. The van der Waals surface area contributed by atoms with Crippen LogP contribution in [0.25, 0.3) is 0 Å². The van der Waals surface area contributed by atoms with Gasteiger partial charge in [-0.2, -0.15) is 9.40 Å². The number of aryl methyl sites for hydroxylation is 1. The van der Waals surface area contributed by atoms with E-state index in [0.717, 1.165) is 6.42 Å². The van der Waals surface area contributed by atoms with Gasteiger partial charge in [0.1, 0.15) is 4.90 Å². The van der Waals surface area contributed by atoms with E-state index in [9.17, 15) is 18.3 Å². The van der Waals surface area contributed by atoms with Crippen molar-refractivity contribution in [2.45, 2.75) is 57.5 Å². The van der Waals surface area contributed by atoms with E-state index in [1.165, 1.54) is 15.4 Å². The number of sulfonamides is 1. The molecule has 146 valence electrons. The number of amides is 1. The van der Waals surface area contributed by atoms with Gasteiger partial charge in [-0.3, -0.25) is 9.58 Å². The predicted octanol–water partition coefficient (Wildman–Crippen LogP) is 2.08. The second-order valence-corrected chi connectivity index (χ2v) is 10.4. The molecule has 2 heterocycles. The van der Waals surface area contributed by atoms with Crippen molar-refractivity contribution in [1.29, 1.82) is 0 Å². The topological polar surface area (TPSA) is 95.7 Å². The van der Waals surface area contributed by atoms with Crippen molar-refractivity contribution in [1.82, 2.24) is 19.0 Å². The molecule has 9 heteroatoms. The van der Waals surface area contributed by atoms with Crippen LogP contribution in [0.4, 0.5) is 4.79 Å². The normalized spacial score (nSPS) is 27.1. The highest BCUT2D eigenvalue weighted by Gasteiger charge is 2.66. The number of rotatable bonds is 4. The monoisotopic (exact) mass is 384 g/mol. The molecule has 1 saturated heterocycles. The standard InChI is InChI=1S/C17H28N4O4S/c1-5-6-19-11-13(10-18-19)26(24,25)20-7-8-21(15(22)23)17(12-20)9-14(17)16(2,3)4/h10-11,14H,5-9,12H2,1-4H3,(H,22,23). The van der Waals surface area contributed by atoms with Gasteiger partial charge in [-0.25, -0.2) is 13.2 Å². The van der Waals surface area contributed by atoms with E-state index >= 15 is 0 Å². The Hall–Kier alpha value is -1.61. The summed E-state index contributed by atoms with van der Waals surface area (Å²) in [6.45, 7) is 9.49. The zero-order valence-electron chi connectivity index (χ0n) is 15.8. The Bertz CT molecular complexity index is 798. The van der Waals surface area contributed by atoms with Crippen LogP contribution in [-0.2, 0) is 16.6 Å². The molecule has 2 unspecified atom stereocenters. The maximum absolute atomic E-state index is 13.1. The molecule has 0 aromatic carbocycles. The lowest BCUT2D eigenvalue weighted by Gasteiger charge is -2.42. The third kappa shape index (κ3) is 3.11. The van der Waals surface area contributed by atoms with Gasteiger partial charge in [-0.15, -0.1) is 0 Å². The highest BCUT2D eigenvalue weighted by molar-refractivity contribution is 7.89. The SMILES string of the molecule is CCCn1cc(S(=O)(=O)N2CCN(C(=O)O)C3(CC3C(C)(C)C)C2)cn1. The number of carbonyl (C=O) groups is 1. The van der Waals surface area contributed by atoms with Crippen LogP contribution in [0.15, 0.2) is 17.3 Å². The minimum absolute atomic E-state index is 0.0769. The maximum Gasteiger partial charge on any atom is 0.407 e. The summed E-state index contributed by atoms with van der Waals surface area (Å²) < 4.78 is 29.2. The first-order valence-corrected chi connectivity index (χ1v) is 10.5. The van der Waals surface area contributed by atoms with Gasteiger partial charge < -0.3 is 5.11 Å². The van der Waals surface area contributed by atoms with Crippen LogP contribution in [-0.4, -0.2) is 63.8 Å². The fourth-order valence-electron chi connectivity index (χ4n) is 4.25. The molecule has 8 nitrogen and oxygen atoms in total. The quantitative estimate of drug-likeness (QED) is 0.857. The Balaban J connectivity index is 1.87. The minimum atomic E-state index is -3.68. The Morgan fingerprint density at radius 2 is 2.08 bits per heavy atom. The van der Waals surface area contributed by atoms with Crippen LogP contribution >= 0.6 is 0 Å². The number of piperazine rings is 1. The molecule has 1 aliphatic carbocycles. The molecule has 0 bridgehead atoms. The zero-order chi connectivity index (χ0) is 19.3. The van der Waals surface area contributed by atoms with Crippen molar-refractivity contribution in [3.63, 3.8) is 0 Å². The maximum atomic E-state index is 13.1. The molecule has 0 radical (unpaired) electrons. The van der Waals surface area contributed by atoms with Crippen LogP contribution in [0.2, 0.25) is 0 Å². The van der Waals surface area contributed by atoms with Crippen LogP contribution in [0.1, 0.15) is 40.5 Å². The molecule has 2 atom stereocenters. The summed E-state index contributed by atoms with van der Waals surface area (Å²) in [5, 5.41) is 13.7. The first kappa shape index (κ1) is 19.2. The third-order valence-electron chi connectivity index (χ3n) is 5.58. The van der Waals surface area contributed by atoms with E-state index in [4.69, 9.17) is 0 Å². The average molecular weight is 385 g/mol. The Morgan fingerprint density at radius 1 is 1.38 bits per heavy atom. The van der Waals surface area contributed by atoms with E-state index in [2.05, 4.69) is 25.9 Å². The Morgan fingerprint density at radius 3 is 2.62 bits per heavy atom. The third-order valence-corrected chi connectivity index (χ3v) is 7.38. The smallest absolute Gasteiger partial charge is 0.407 e. The van der Waals surface area contributed by atoms with Gasteiger partial charge >= 0.3 is 6.09 Å². The van der Waals surface area contributed by atoms with Crippen molar-refractivity contribution in [3.8, 4) is 0 Å². The molecule has 2 fully saturated rings. The predicted molar refractivity (Wildman–Crippen MR) is 96.3 cm³/mol. The molecule has 1 amide bonds. The lowest BCUT2D eigenvalue weighted by atomic mass is 9.86. The molecule has 1 aliphatic heterocycles. The second-order valence-electron chi connectivity index (χ2n) is 8.44. The summed E-state index contributed by atoms with van der Waals surface area (Å²) in [5.74, 6) is 0.145. The van der Waals surface area contributed by atoms with Gasteiger partial charge in [0.25, 0.3) is 0 Å². The fourth-order valence-corrected chi connectivity index (χ4v) is 5.70. The fraction of sp³-hybridized carbons (Fsp3) is 0.765. The van der Waals surface area contributed by atoms with Crippen molar-refractivity contribution in [2.24, 2.45) is 11.3 Å². The first-order chi connectivity index (χ1) is 12.0. The average Bonchev–Trinajstić information content (AvgIpc) is 3.04. The van der Waals surface area contributed by atoms with Gasteiger partial charge in [0.15, 0.2) is 0 Å². The van der Waals surface area contributed by atoms with Crippen LogP contribution in [0.3, 0.4) is 0 Å². The van der Waals surface area contributed by atoms with Crippen LogP contribution < -0.4 is 0 Å². The van der Waals surface area contributed by atoms with Gasteiger partial charge in [-0.05, 0) is 24.2 Å². The number of carboxylic acid groups (broad SMARTS) is 1. The molecule has 1 aromatic rings. The summed E-state index contributed by atoms with van der Waals surface area (Å²) in [6, 6.07) is 0. The molecule has 3 rings (SSSR count). The molecule has 1 saturated carbocycles. The van der Waals surface area contributed by atoms with Crippen molar-refractivity contribution in [3.05, 3.63) is 12.4 Å². The van der Waals surface area contributed by atoms with Crippen LogP contribution in [0.5, 0.6) is 0 Å². The lowest BCUT2D eigenvalue weighted by molar-refractivity contribution is 0.0651. The summed E-state index contributed by atoms with van der Waals surface area (Å²) in [4.78, 5) is 13.4. The molecule has 2 aliphatic rings. The van der Waals surface area contributed by atoms with Gasteiger partial charge in [0.05, 0.1) is 11.7 Å². The number of hydrogen-bond donors (Lipinski definition) is 1. The first-order valence-electron chi connectivity index (χ1n) is 9.05. The van der Waals surface area contributed by atoms with E-state index in [-0.39, 0.29) is 35.9 Å². The van der Waals surface area contributed by atoms with Gasteiger partial charge in [-0.1, -0.05) is 27.7 Å². The summed E-state index contributed by atoms with van der Waals surface area (Å²) in [6.07, 6.45) is 3.54. The molecular weight excluding hydrogens is 356 g/mol. The Labute approximate surface area is 154 Å². The summed E-state index contributed by atoms with van der Waals surface area (Å²) in [7, 11) is -3.68. The highest BCUT2D eigenvalue weighted by Crippen LogP contribution is 2.59. The molecule has 1 N–H and O–H groups in total. The molecule has 1 aromatic heterocycles. The van der Waals surface area contributed by atoms with Crippen molar-refractivity contribution >= 4 is 16.1 Å². The van der Waals surface area contributed by atoms with Gasteiger partial charge in [0.2, 0.25) is 10.0 Å². The Kier molecular flexibility index (Phi) is 4.59. The zero-order valence-corrected chi connectivity index (χ0v) is 16.7. The largest absolute Gasteiger partial charge is 0.465 e.